The molecule has 70 valence electrons. The molecule has 1 fully saturated rings. The minimum absolute atomic E-state index is 0.0330. The maximum Gasteiger partial charge on any atom is 0.310 e. The monoisotopic (exact) mass is 171 g/mol. The quantitative estimate of drug-likeness (QED) is 0.638. The number of hydrogen-bond acceptors (Lipinski definition) is 3. The van der Waals surface area contributed by atoms with Crippen LogP contribution in [-0.2, 0) is 9.53 Å². The average molecular weight is 171 g/mol. The summed E-state index contributed by atoms with van der Waals surface area (Å²) in [5.74, 6) is 0.536. The van der Waals surface area contributed by atoms with E-state index in [-0.39, 0.29) is 11.9 Å². The van der Waals surface area contributed by atoms with Crippen LogP contribution in [0, 0.1) is 11.8 Å². The van der Waals surface area contributed by atoms with Crippen LogP contribution in [0.1, 0.15) is 20.3 Å². The van der Waals surface area contributed by atoms with Crippen LogP contribution in [0.5, 0.6) is 0 Å². The van der Waals surface area contributed by atoms with E-state index in [1.165, 1.54) is 0 Å². The predicted molar refractivity (Wildman–Crippen MR) is 46.8 cm³/mol. The third-order valence-corrected chi connectivity index (χ3v) is 2.45. The molecule has 1 saturated heterocycles. The zero-order valence-electron chi connectivity index (χ0n) is 7.80. The van der Waals surface area contributed by atoms with Gasteiger partial charge in [-0.25, -0.2) is 0 Å². The van der Waals surface area contributed by atoms with Crippen molar-refractivity contribution in [3.05, 3.63) is 0 Å². The van der Waals surface area contributed by atoms with Crippen LogP contribution in [0.3, 0.4) is 0 Å². The van der Waals surface area contributed by atoms with Crippen LogP contribution in [0.4, 0.5) is 0 Å². The smallest absolute Gasteiger partial charge is 0.310 e. The normalized spacial score (nSPS) is 28.8. The number of ether oxygens (including phenoxy) is 1. The molecule has 2 atom stereocenters. The summed E-state index contributed by atoms with van der Waals surface area (Å²) >= 11 is 0. The SMILES string of the molecule is CCOC(=O)[C@H]1CNC[C@H]1CC. The van der Waals surface area contributed by atoms with Gasteiger partial charge in [-0.3, -0.25) is 4.79 Å². The highest BCUT2D eigenvalue weighted by Crippen LogP contribution is 2.20. The van der Waals surface area contributed by atoms with E-state index in [4.69, 9.17) is 4.74 Å². The first-order valence-electron chi connectivity index (χ1n) is 4.66. The van der Waals surface area contributed by atoms with Crippen LogP contribution in [0.25, 0.3) is 0 Å². The number of nitrogens with one attached hydrogen (secondary N) is 1. The number of esters is 1. The van der Waals surface area contributed by atoms with Crippen LogP contribution in [0.15, 0.2) is 0 Å². The summed E-state index contributed by atoms with van der Waals surface area (Å²) in [6, 6.07) is 0. The van der Waals surface area contributed by atoms with Crippen LogP contribution < -0.4 is 5.32 Å². The first-order chi connectivity index (χ1) is 5.79. The molecule has 0 aliphatic carbocycles. The Balaban J connectivity index is 2.43. The third kappa shape index (κ3) is 1.97. The second-order valence-electron chi connectivity index (χ2n) is 3.19. The fourth-order valence-corrected chi connectivity index (χ4v) is 1.69. The molecule has 1 heterocycles. The lowest BCUT2D eigenvalue weighted by Crippen LogP contribution is -2.24. The summed E-state index contributed by atoms with van der Waals surface area (Å²) in [4.78, 5) is 11.4. The van der Waals surface area contributed by atoms with Gasteiger partial charge in [0.2, 0.25) is 0 Å². The number of carbonyl (C=O) groups is 1. The van der Waals surface area contributed by atoms with E-state index in [1.807, 2.05) is 6.92 Å². The fraction of sp³-hybridized carbons (Fsp3) is 0.889. The zero-order chi connectivity index (χ0) is 8.97. The molecule has 1 aliphatic heterocycles. The molecular weight excluding hydrogens is 154 g/mol. The van der Waals surface area contributed by atoms with Gasteiger partial charge in [0.25, 0.3) is 0 Å². The molecule has 1 rings (SSSR count). The van der Waals surface area contributed by atoms with Crippen molar-refractivity contribution in [3.63, 3.8) is 0 Å². The first-order valence-corrected chi connectivity index (χ1v) is 4.66. The molecule has 0 radical (unpaired) electrons. The predicted octanol–water partition coefficient (Wildman–Crippen LogP) is 0.795. The molecule has 3 nitrogen and oxygen atoms in total. The second kappa shape index (κ2) is 4.45. The summed E-state index contributed by atoms with van der Waals surface area (Å²) in [5.41, 5.74) is 0. The third-order valence-electron chi connectivity index (χ3n) is 2.45. The Hall–Kier alpha value is -0.570. The van der Waals surface area contributed by atoms with Gasteiger partial charge in [0.15, 0.2) is 0 Å². The first kappa shape index (κ1) is 9.52. The minimum Gasteiger partial charge on any atom is -0.466 e. The summed E-state index contributed by atoms with van der Waals surface area (Å²) in [7, 11) is 0. The molecule has 1 N–H and O–H groups in total. The Morgan fingerprint density at radius 1 is 1.50 bits per heavy atom. The van der Waals surface area contributed by atoms with Gasteiger partial charge < -0.3 is 10.1 Å². The molecule has 1 aliphatic rings. The maximum absolute atomic E-state index is 11.4. The zero-order valence-corrected chi connectivity index (χ0v) is 7.80. The van der Waals surface area contributed by atoms with Crippen molar-refractivity contribution in [1.82, 2.24) is 5.32 Å². The van der Waals surface area contributed by atoms with Crippen molar-refractivity contribution in [3.8, 4) is 0 Å². The van der Waals surface area contributed by atoms with E-state index < -0.39 is 0 Å². The highest BCUT2D eigenvalue weighted by Gasteiger charge is 2.32. The number of carbonyl (C=O) groups excluding carboxylic acids is 1. The Labute approximate surface area is 73.5 Å². The number of rotatable bonds is 3. The average Bonchev–Trinajstić information content (AvgIpc) is 2.51. The minimum atomic E-state index is -0.0330. The lowest BCUT2D eigenvalue weighted by Gasteiger charge is -2.14. The fourth-order valence-electron chi connectivity index (χ4n) is 1.69. The molecule has 12 heavy (non-hydrogen) atoms. The highest BCUT2D eigenvalue weighted by atomic mass is 16.5. The molecule has 0 aromatic heterocycles. The molecule has 3 heteroatoms. The van der Waals surface area contributed by atoms with Gasteiger partial charge in [-0.2, -0.15) is 0 Å². The van der Waals surface area contributed by atoms with E-state index in [0.29, 0.717) is 12.5 Å². The Kier molecular flexibility index (Phi) is 3.53. The van der Waals surface area contributed by atoms with Crippen molar-refractivity contribution in [2.75, 3.05) is 19.7 Å². The van der Waals surface area contributed by atoms with Gasteiger partial charge in [0.05, 0.1) is 12.5 Å². The Bertz CT molecular complexity index is 159. The summed E-state index contributed by atoms with van der Waals surface area (Å²) in [5, 5.41) is 3.21. The standard InChI is InChI=1S/C9H17NO2/c1-3-7-5-10-6-8(7)9(11)12-4-2/h7-8,10H,3-6H2,1-2H3/t7-,8+/m1/s1. The molecule has 0 spiro atoms. The van der Waals surface area contributed by atoms with E-state index in [2.05, 4.69) is 12.2 Å². The molecular formula is C9H17NO2. The summed E-state index contributed by atoms with van der Waals surface area (Å²) < 4.78 is 4.98. The molecule has 0 saturated carbocycles. The lowest BCUT2D eigenvalue weighted by atomic mass is 9.94. The van der Waals surface area contributed by atoms with Crippen molar-refractivity contribution < 1.29 is 9.53 Å². The molecule has 0 amide bonds. The van der Waals surface area contributed by atoms with E-state index in [9.17, 15) is 4.79 Å². The van der Waals surface area contributed by atoms with Crippen LogP contribution >= 0.6 is 0 Å². The second-order valence-corrected chi connectivity index (χ2v) is 3.19. The maximum atomic E-state index is 11.4. The van der Waals surface area contributed by atoms with Gasteiger partial charge in [-0.15, -0.1) is 0 Å². The topological polar surface area (TPSA) is 38.3 Å². The van der Waals surface area contributed by atoms with E-state index in [0.717, 1.165) is 19.5 Å². The largest absolute Gasteiger partial charge is 0.466 e. The highest BCUT2D eigenvalue weighted by molar-refractivity contribution is 5.73. The number of hydrogen-bond donors (Lipinski definition) is 1. The Morgan fingerprint density at radius 3 is 2.83 bits per heavy atom. The van der Waals surface area contributed by atoms with Crippen LogP contribution in [0.2, 0.25) is 0 Å². The van der Waals surface area contributed by atoms with Crippen molar-refractivity contribution in [2.45, 2.75) is 20.3 Å². The van der Waals surface area contributed by atoms with Crippen molar-refractivity contribution in [1.29, 1.82) is 0 Å². The van der Waals surface area contributed by atoms with Gasteiger partial charge in [0, 0.05) is 6.54 Å². The molecule has 0 aromatic carbocycles. The summed E-state index contributed by atoms with van der Waals surface area (Å²) in [6.07, 6.45) is 1.05. The molecule has 0 aromatic rings. The molecule has 0 unspecified atom stereocenters. The Morgan fingerprint density at radius 2 is 2.25 bits per heavy atom. The van der Waals surface area contributed by atoms with Gasteiger partial charge in [-0.1, -0.05) is 13.3 Å². The van der Waals surface area contributed by atoms with Gasteiger partial charge in [-0.05, 0) is 19.4 Å². The van der Waals surface area contributed by atoms with E-state index >= 15 is 0 Å². The van der Waals surface area contributed by atoms with Crippen molar-refractivity contribution in [2.24, 2.45) is 11.8 Å². The van der Waals surface area contributed by atoms with E-state index in [1.54, 1.807) is 0 Å². The van der Waals surface area contributed by atoms with Crippen molar-refractivity contribution >= 4 is 5.97 Å². The van der Waals surface area contributed by atoms with Gasteiger partial charge in [0.1, 0.15) is 0 Å². The van der Waals surface area contributed by atoms with Crippen LogP contribution in [-0.4, -0.2) is 25.7 Å². The van der Waals surface area contributed by atoms with Gasteiger partial charge >= 0.3 is 5.97 Å². The lowest BCUT2D eigenvalue weighted by molar-refractivity contribution is -0.148. The molecule has 0 bridgehead atoms. The summed E-state index contributed by atoms with van der Waals surface area (Å²) in [6.45, 7) is 6.20.